The van der Waals surface area contributed by atoms with Crippen LogP contribution in [0, 0.1) is 30.8 Å². The number of aromatic nitrogens is 1. The Morgan fingerprint density at radius 2 is 1.77 bits per heavy atom. The van der Waals surface area contributed by atoms with Crippen molar-refractivity contribution in [2.24, 2.45) is 0 Å². The molecule has 0 saturated heterocycles. The molecule has 22 heavy (non-hydrogen) atoms. The first-order valence-corrected chi connectivity index (χ1v) is 6.78. The monoisotopic (exact) mass is 295 g/mol. The number of hydrogen-bond acceptors (Lipinski definition) is 4. The average molecular weight is 295 g/mol. The number of para-hydroxylation sites is 1. The fourth-order valence-corrected chi connectivity index (χ4v) is 1.95. The van der Waals surface area contributed by atoms with Gasteiger partial charge in [-0.05, 0) is 24.5 Å². The number of benzene rings is 1. The van der Waals surface area contributed by atoms with E-state index in [2.05, 4.69) is 28.9 Å². The van der Waals surface area contributed by atoms with E-state index in [1.54, 1.807) is 14.2 Å². The van der Waals surface area contributed by atoms with Gasteiger partial charge in [0.05, 0.1) is 11.1 Å². The van der Waals surface area contributed by atoms with Gasteiger partial charge in [-0.2, -0.15) is 0 Å². The van der Waals surface area contributed by atoms with Gasteiger partial charge in [0.2, 0.25) is 5.88 Å². The van der Waals surface area contributed by atoms with Crippen LogP contribution in [0.3, 0.4) is 0 Å². The van der Waals surface area contributed by atoms with Crippen molar-refractivity contribution in [3.8, 4) is 29.7 Å². The van der Waals surface area contributed by atoms with E-state index in [1.165, 1.54) is 0 Å². The van der Waals surface area contributed by atoms with Crippen LogP contribution in [0.4, 0.5) is 0 Å². The summed E-state index contributed by atoms with van der Waals surface area (Å²) in [5.74, 6) is 9.13. The van der Waals surface area contributed by atoms with E-state index in [4.69, 9.17) is 14.2 Å². The zero-order valence-electron chi connectivity index (χ0n) is 12.9. The van der Waals surface area contributed by atoms with Crippen molar-refractivity contribution in [3.05, 3.63) is 35.4 Å². The number of methoxy groups -OCH3 is 2. The molecule has 0 atom stereocenters. The lowest BCUT2D eigenvalue weighted by molar-refractivity contribution is 0.239. The molecule has 2 aromatic rings. The van der Waals surface area contributed by atoms with Crippen LogP contribution in [0.1, 0.15) is 11.1 Å². The predicted molar refractivity (Wildman–Crippen MR) is 85.5 cm³/mol. The van der Waals surface area contributed by atoms with Crippen molar-refractivity contribution in [1.82, 2.24) is 4.98 Å². The van der Waals surface area contributed by atoms with E-state index >= 15 is 0 Å². The van der Waals surface area contributed by atoms with E-state index in [1.807, 2.05) is 31.2 Å². The molecule has 0 aliphatic carbocycles. The summed E-state index contributed by atoms with van der Waals surface area (Å²) in [6, 6.07) is 7.86. The highest BCUT2D eigenvalue weighted by atomic mass is 16.5. The third-order valence-electron chi connectivity index (χ3n) is 2.99. The third-order valence-corrected chi connectivity index (χ3v) is 2.99. The van der Waals surface area contributed by atoms with Crippen LogP contribution in [-0.2, 0) is 9.47 Å². The lowest BCUT2D eigenvalue weighted by Crippen LogP contribution is -1.97. The van der Waals surface area contributed by atoms with Crippen LogP contribution in [0.2, 0.25) is 0 Å². The molecule has 0 aliphatic rings. The summed E-state index contributed by atoms with van der Waals surface area (Å²) in [5, 5.41) is 1.04. The zero-order valence-corrected chi connectivity index (χ0v) is 12.9. The molecule has 0 fully saturated rings. The van der Waals surface area contributed by atoms with Crippen molar-refractivity contribution < 1.29 is 14.2 Å². The second-order valence-electron chi connectivity index (χ2n) is 4.48. The molecule has 0 spiro atoms. The lowest BCUT2D eigenvalue weighted by atomic mass is 10.0. The number of aryl methyl sites for hydroxylation is 1. The predicted octanol–water partition coefficient (Wildman–Crippen LogP) is 2.53. The number of rotatable bonds is 3. The van der Waals surface area contributed by atoms with Gasteiger partial charge < -0.3 is 14.2 Å². The van der Waals surface area contributed by atoms with Crippen LogP contribution in [0.25, 0.3) is 10.9 Å². The number of nitrogens with zero attached hydrogens (tertiary/aromatic N) is 1. The molecule has 4 heteroatoms. The molecule has 112 valence electrons. The molecule has 0 saturated carbocycles. The van der Waals surface area contributed by atoms with Crippen molar-refractivity contribution >= 4 is 10.9 Å². The Morgan fingerprint density at radius 3 is 2.55 bits per heavy atom. The molecule has 0 unspecified atom stereocenters. The SMILES string of the molecule is COCC#COc1nc2ccccc2c(C)c1C#CCOC. The third kappa shape index (κ3) is 3.77. The standard InChI is InChI=1S/C18H17NO3/c1-14-15-8-4-5-10-17(15)19-18(22-13-7-12-21-3)16(14)9-6-11-20-2/h4-5,8,10H,11-12H2,1-3H3. The maximum absolute atomic E-state index is 5.46. The second kappa shape index (κ2) is 8.05. The van der Waals surface area contributed by atoms with Gasteiger partial charge in [-0.15, -0.1) is 0 Å². The molecule has 0 bridgehead atoms. The number of fused-ring (bicyclic) bond motifs is 1. The summed E-state index contributed by atoms with van der Waals surface area (Å²) in [6.45, 7) is 2.65. The summed E-state index contributed by atoms with van der Waals surface area (Å²) in [4.78, 5) is 4.50. The minimum absolute atomic E-state index is 0.303. The maximum atomic E-state index is 5.46. The second-order valence-corrected chi connectivity index (χ2v) is 4.48. The fourth-order valence-electron chi connectivity index (χ4n) is 1.95. The molecule has 1 heterocycles. The highest BCUT2D eigenvalue weighted by Gasteiger charge is 2.11. The Hall–Kier alpha value is -2.53. The van der Waals surface area contributed by atoms with Crippen LogP contribution >= 0.6 is 0 Å². The van der Waals surface area contributed by atoms with E-state index in [0.29, 0.717) is 19.1 Å². The molecule has 1 aromatic carbocycles. The van der Waals surface area contributed by atoms with Gasteiger partial charge in [0.15, 0.2) is 0 Å². The van der Waals surface area contributed by atoms with E-state index in [9.17, 15) is 0 Å². The molecule has 1 aromatic heterocycles. The topological polar surface area (TPSA) is 40.6 Å². The van der Waals surface area contributed by atoms with Crippen LogP contribution in [0.15, 0.2) is 24.3 Å². The highest BCUT2D eigenvalue weighted by molar-refractivity contribution is 5.85. The first-order valence-electron chi connectivity index (χ1n) is 6.78. The van der Waals surface area contributed by atoms with Gasteiger partial charge >= 0.3 is 0 Å². The molecule has 0 amide bonds. The number of ether oxygens (including phenoxy) is 3. The average Bonchev–Trinajstić information content (AvgIpc) is 2.54. The maximum Gasteiger partial charge on any atom is 0.247 e. The Balaban J connectivity index is 2.49. The zero-order chi connectivity index (χ0) is 15.8. The number of hydrogen-bond donors (Lipinski definition) is 0. The van der Waals surface area contributed by atoms with Gasteiger partial charge in [-0.1, -0.05) is 30.0 Å². The van der Waals surface area contributed by atoms with Gasteiger partial charge in [0.1, 0.15) is 19.3 Å². The summed E-state index contributed by atoms with van der Waals surface area (Å²) < 4.78 is 15.3. The Bertz CT molecular complexity index is 776. The van der Waals surface area contributed by atoms with Crippen LogP contribution < -0.4 is 4.74 Å². The molecule has 4 nitrogen and oxygen atoms in total. The minimum Gasteiger partial charge on any atom is -0.386 e. The van der Waals surface area contributed by atoms with Crippen molar-refractivity contribution in [3.63, 3.8) is 0 Å². The van der Waals surface area contributed by atoms with Gasteiger partial charge in [0, 0.05) is 19.6 Å². The molecule has 0 aliphatic heterocycles. The molecule has 0 radical (unpaired) electrons. The van der Waals surface area contributed by atoms with E-state index < -0.39 is 0 Å². The quantitative estimate of drug-likeness (QED) is 0.816. The van der Waals surface area contributed by atoms with E-state index in [0.717, 1.165) is 22.0 Å². The summed E-state index contributed by atoms with van der Waals surface area (Å²) in [6.07, 6.45) is 2.59. The normalized spacial score (nSPS) is 9.59. The summed E-state index contributed by atoms with van der Waals surface area (Å²) >= 11 is 0. The lowest BCUT2D eigenvalue weighted by Gasteiger charge is -2.08. The Labute approximate surface area is 130 Å². The minimum atomic E-state index is 0.303. The highest BCUT2D eigenvalue weighted by Crippen LogP contribution is 2.26. The molecule has 2 rings (SSSR count). The summed E-state index contributed by atoms with van der Waals surface area (Å²) in [7, 11) is 3.18. The Kier molecular flexibility index (Phi) is 5.80. The first-order chi connectivity index (χ1) is 10.8. The molecular formula is C18H17NO3. The van der Waals surface area contributed by atoms with Gasteiger partial charge in [-0.25, -0.2) is 4.98 Å². The van der Waals surface area contributed by atoms with Crippen molar-refractivity contribution in [2.75, 3.05) is 27.4 Å². The smallest absolute Gasteiger partial charge is 0.247 e. The Morgan fingerprint density at radius 1 is 1.05 bits per heavy atom. The van der Waals surface area contributed by atoms with Crippen LogP contribution in [-0.4, -0.2) is 32.4 Å². The number of pyridine rings is 1. The molecule has 0 N–H and O–H groups in total. The van der Waals surface area contributed by atoms with Crippen molar-refractivity contribution in [1.29, 1.82) is 0 Å². The first kappa shape index (κ1) is 15.9. The van der Waals surface area contributed by atoms with Gasteiger partial charge in [-0.3, -0.25) is 0 Å². The molecular weight excluding hydrogens is 278 g/mol. The fraction of sp³-hybridized carbons (Fsp3) is 0.278. The van der Waals surface area contributed by atoms with Gasteiger partial charge in [0.25, 0.3) is 0 Å². The van der Waals surface area contributed by atoms with E-state index in [-0.39, 0.29) is 0 Å². The van der Waals surface area contributed by atoms with Crippen molar-refractivity contribution in [2.45, 2.75) is 6.92 Å². The summed E-state index contributed by atoms with van der Waals surface area (Å²) in [5.41, 5.74) is 2.58. The van der Waals surface area contributed by atoms with Crippen LogP contribution in [0.5, 0.6) is 5.88 Å². The largest absolute Gasteiger partial charge is 0.386 e.